The van der Waals surface area contributed by atoms with Crippen LogP contribution in [-0.2, 0) is 9.59 Å². The number of hydrogen-bond donors (Lipinski definition) is 2. The molecule has 0 saturated carbocycles. The fraction of sp³-hybridized carbons (Fsp3) is 0.250. The molecule has 1 atom stereocenters. The topological polar surface area (TPSA) is 70.7 Å². The first kappa shape index (κ1) is 22.6. The molecule has 0 bridgehead atoms. The Kier molecular flexibility index (Phi) is 7.50. The van der Waals surface area contributed by atoms with Crippen molar-refractivity contribution in [1.29, 1.82) is 0 Å². The second-order valence-corrected chi connectivity index (χ2v) is 7.86. The summed E-state index contributed by atoms with van der Waals surface area (Å²) in [7, 11) is 3.24. The van der Waals surface area contributed by atoms with Crippen LogP contribution in [0.5, 0.6) is 5.75 Å². The summed E-state index contributed by atoms with van der Waals surface area (Å²) in [5.74, 6) is 0.0936. The van der Waals surface area contributed by atoms with Gasteiger partial charge < -0.3 is 15.4 Å². The van der Waals surface area contributed by atoms with Crippen molar-refractivity contribution in [2.75, 3.05) is 32.6 Å². The highest BCUT2D eigenvalue weighted by molar-refractivity contribution is 6.31. The van der Waals surface area contributed by atoms with Crippen molar-refractivity contribution < 1.29 is 14.3 Å². The van der Waals surface area contributed by atoms with Gasteiger partial charge in [-0.1, -0.05) is 54.1 Å². The van der Waals surface area contributed by atoms with Gasteiger partial charge in [-0.15, -0.1) is 0 Å². The fourth-order valence-electron chi connectivity index (χ4n) is 3.51. The number of hydrogen-bond acceptors (Lipinski definition) is 4. The van der Waals surface area contributed by atoms with Crippen molar-refractivity contribution in [3.63, 3.8) is 0 Å². The summed E-state index contributed by atoms with van der Waals surface area (Å²) in [5.41, 5.74) is 1.54. The normalized spacial score (nSPS) is 11.9. The van der Waals surface area contributed by atoms with Gasteiger partial charge in [0.25, 0.3) is 0 Å². The lowest BCUT2D eigenvalue weighted by Gasteiger charge is -2.20. The van der Waals surface area contributed by atoms with Crippen LogP contribution in [0.15, 0.2) is 60.7 Å². The number of carbonyl (C=O) groups is 2. The molecule has 0 aliphatic carbocycles. The van der Waals surface area contributed by atoms with Crippen LogP contribution in [0.3, 0.4) is 0 Å². The Hall–Kier alpha value is -3.09. The van der Waals surface area contributed by atoms with Crippen molar-refractivity contribution in [2.24, 2.45) is 0 Å². The number of halogens is 1. The van der Waals surface area contributed by atoms with Crippen LogP contribution in [0.4, 0.5) is 5.69 Å². The summed E-state index contributed by atoms with van der Waals surface area (Å²) in [4.78, 5) is 26.6. The van der Waals surface area contributed by atoms with Gasteiger partial charge in [0.05, 0.1) is 31.9 Å². The van der Waals surface area contributed by atoms with E-state index >= 15 is 0 Å². The second kappa shape index (κ2) is 10.3. The summed E-state index contributed by atoms with van der Waals surface area (Å²) in [5, 5.41) is 8.52. The Balaban J connectivity index is 1.55. The van der Waals surface area contributed by atoms with Crippen molar-refractivity contribution >= 4 is 39.9 Å². The maximum absolute atomic E-state index is 12.5. The third-order valence-electron chi connectivity index (χ3n) is 4.93. The lowest BCUT2D eigenvalue weighted by atomic mass is 10.00. The highest BCUT2D eigenvalue weighted by Gasteiger charge is 2.16. The zero-order valence-corrected chi connectivity index (χ0v) is 18.6. The number of rotatable bonds is 8. The summed E-state index contributed by atoms with van der Waals surface area (Å²) < 4.78 is 5.24. The number of anilines is 1. The number of likely N-dealkylation sites (N-methyl/N-ethyl adjacent to an activating group) is 1. The van der Waals surface area contributed by atoms with Crippen LogP contribution < -0.4 is 15.4 Å². The average Bonchev–Trinajstić information content (AvgIpc) is 2.73. The summed E-state index contributed by atoms with van der Waals surface area (Å²) in [6, 6.07) is 19.0. The van der Waals surface area contributed by atoms with Crippen LogP contribution >= 0.6 is 11.6 Å². The number of carbonyl (C=O) groups excluding carboxylic acids is 2. The van der Waals surface area contributed by atoms with E-state index in [-0.39, 0.29) is 30.9 Å². The molecule has 0 aliphatic rings. The zero-order chi connectivity index (χ0) is 22.4. The minimum absolute atomic E-state index is 0.0474. The molecule has 0 fully saturated rings. The van der Waals surface area contributed by atoms with E-state index in [0.29, 0.717) is 16.5 Å². The Labute approximate surface area is 187 Å². The Morgan fingerprint density at radius 3 is 2.52 bits per heavy atom. The highest BCUT2D eigenvalue weighted by atomic mass is 35.5. The first-order valence-electron chi connectivity index (χ1n) is 9.96. The van der Waals surface area contributed by atoms with Gasteiger partial charge in [-0.25, -0.2) is 0 Å². The standard InChI is InChI=1S/C24H26ClN3O3/c1-16(19-10-6-8-17-7-4-5-9-20(17)19)26-23(29)14-28(2)15-24(30)27-21-13-18(25)11-12-22(21)31-3/h4-13,16H,14-15H2,1-3H3,(H,26,29)(H,27,30). The van der Waals surface area contributed by atoms with Crippen molar-refractivity contribution in [2.45, 2.75) is 13.0 Å². The SMILES string of the molecule is COc1ccc(Cl)cc1NC(=O)CN(C)CC(=O)NC(C)c1cccc2ccccc12. The molecule has 0 saturated heterocycles. The molecule has 0 heterocycles. The molecule has 162 valence electrons. The second-order valence-electron chi connectivity index (χ2n) is 7.42. The van der Waals surface area contributed by atoms with Gasteiger partial charge in [0.2, 0.25) is 11.8 Å². The van der Waals surface area contributed by atoms with E-state index < -0.39 is 0 Å². The molecule has 0 aliphatic heterocycles. The van der Waals surface area contributed by atoms with Crippen LogP contribution in [-0.4, -0.2) is 44.0 Å². The van der Waals surface area contributed by atoms with Gasteiger partial charge >= 0.3 is 0 Å². The highest BCUT2D eigenvalue weighted by Crippen LogP contribution is 2.27. The Morgan fingerprint density at radius 1 is 1.03 bits per heavy atom. The largest absolute Gasteiger partial charge is 0.495 e. The minimum Gasteiger partial charge on any atom is -0.495 e. The van der Waals surface area contributed by atoms with Gasteiger partial charge in [0, 0.05) is 5.02 Å². The van der Waals surface area contributed by atoms with Gasteiger partial charge in [-0.05, 0) is 48.5 Å². The first-order valence-corrected chi connectivity index (χ1v) is 10.3. The molecule has 31 heavy (non-hydrogen) atoms. The molecule has 2 N–H and O–H groups in total. The molecule has 0 radical (unpaired) electrons. The Bertz CT molecular complexity index is 1080. The van der Waals surface area contributed by atoms with E-state index in [1.807, 2.05) is 37.3 Å². The first-order chi connectivity index (χ1) is 14.9. The molecule has 2 amide bonds. The van der Waals surface area contributed by atoms with Crippen LogP contribution in [0, 0.1) is 0 Å². The summed E-state index contributed by atoms with van der Waals surface area (Å²) in [6.45, 7) is 2.10. The van der Waals surface area contributed by atoms with E-state index in [2.05, 4.69) is 22.8 Å². The molecule has 3 aromatic carbocycles. The van der Waals surface area contributed by atoms with Gasteiger partial charge in [-0.3, -0.25) is 14.5 Å². The molecule has 0 spiro atoms. The Morgan fingerprint density at radius 2 is 1.74 bits per heavy atom. The van der Waals surface area contributed by atoms with Crippen molar-refractivity contribution in [3.05, 3.63) is 71.2 Å². The lowest BCUT2D eigenvalue weighted by Crippen LogP contribution is -2.39. The van der Waals surface area contributed by atoms with E-state index in [0.717, 1.165) is 16.3 Å². The number of fused-ring (bicyclic) bond motifs is 1. The number of benzene rings is 3. The molecule has 0 aromatic heterocycles. The minimum atomic E-state index is -0.266. The third kappa shape index (κ3) is 5.96. The molecular weight excluding hydrogens is 414 g/mol. The van der Waals surface area contributed by atoms with Gasteiger partial charge in [-0.2, -0.15) is 0 Å². The molecule has 7 heteroatoms. The summed E-state index contributed by atoms with van der Waals surface area (Å²) in [6.07, 6.45) is 0. The maximum atomic E-state index is 12.5. The van der Waals surface area contributed by atoms with Gasteiger partial charge in [0.15, 0.2) is 0 Å². The number of nitrogens with one attached hydrogen (secondary N) is 2. The third-order valence-corrected chi connectivity index (χ3v) is 5.17. The number of amides is 2. The molecule has 6 nitrogen and oxygen atoms in total. The van der Waals surface area contributed by atoms with Gasteiger partial charge in [0.1, 0.15) is 5.75 Å². The molecular formula is C24H26ClN3O3. The number of nitrogens with zero attached hydrogens (tertiary/aromatic N) is 1. The number of ether oxygens (including phenoxy) is 1. The quantitative estimate of drug-likeness (QED) is 0.550. The van der Waals surface area contributed by atoms with Crippen LogP contribution in [0.2, 0.25) is 5.02 Å². The molecule has 1 unspecified atom stereocenters. The zero-order valence-electron chi connectivity index (χ0n) is 17.8. The smallest absolute Gasteiger partial charge is 0.238 e. The van der Waals surface area contributed by atoms with E-state index in [9.17, 15) is 9.59 Å². The van der Waals surface area contributed by atoms with Crippen LogP contribution in [0.25, 0.3) is 10.8 Å². The average molecular weight is 440 g/mol. The van der Waals surface area contributed by atoms with E-state index in [4.69, 9.17) is 16.3 Å². The number of methoxy groups -OCH3 is 1. The molecule has 3 aromatic rings. The van der Waals surface area contributed by atoms with Crippen molar-refractivity contribution in [3.8, 4) is 5.75 Å². The predicted octanol–water partition coefficient (Wildman–Crippen LogP) is 4.25. The molecule has 3 rings (SSSR count). The van der Waals surface area contributed by atoms with E-state index in [1.165, 1.54) is 7.11 Å². The monoisotopic (exact) mass is 439 g/mol. The fourth-order valence-corrected chi connectivity index (χ4v) is 3.68. The summed E-state index contributed by atoms with van der Waals surface area (Å²) >= 11 is 6.00. The van der Waals surface area contributed by atoms with E-state index in [1.54, 1.807) is 30.1 Å². The lowest BCUT2D eigenvalue weighted by molar-refractivity contribution is -0.123. The van der Waals surface area contributed by atoms with Crippen molar-refractivity contribution in [1.82, 2.24) is 10.2 Å². The predicted molar refractivity (Wildman–Crippen MR) is 125 cm³/mol. The maximum Gasteiger partial charge on any atom is 0.238 e. The van der Waals surface area contributed by atoms with Crippen LogP contribution in [0.1, 0.15) is 18.5 Å².